The van der Waals surface area contributed by atoms with E-state index in [1.807, 2.05) is 12.2 Å². The van der Waals surface area contributed by atoms with E-state index in [2.05, 4.69) is 11.7 Å². The quantitative estimate of drug-likeness (QED) is 0.459. The molecule has 1 atom stereocenters. The third-order valence-corrected chi connectivity index (χ3v) is 1.01. The van der Waals surface area contributed by atoms with Gasteiger partial charge >= 0.3 is 0 Å². The predicted molar refractivity (Wildman–Crippen MR) is 37.1 cm³/mol. The van der Waals surface area contributed by atoms with Crippen molar-refractivity contribution >= 4 is 0 Å². The Morgan fingerprint density at radius 1 is 1.56 bits per heavy atom. The molecular formula is C7H14O2. The third kappa shape index (κ3) is 5.53. The van der Waals surface area contributed by atoms with Crippen molar-refractivity contribution in [3.05, 3.63) is 12.2 Å². The van der Waals surface area contributed by atoms with E-state index in [-0.39, 0.29) is 0 Å². The number of allylic oxidation sites excluding steroid dienone is 1. The zero-order valence-corrected chi connectivity index (χ0v) is 6.00. The van der Waals surface area contributed by atoms with Crippen LogP contribution in [0.4, 0.5) is 0 Å². The first-order valence-electron chi connectivity index (χ1n) is 3.17. The SMILES string of the molecule is CC/C=C/CC(O)OC. The summed E-state index contributed by atoms with van der Waals surface area (Å²) in [6.45, 7) is 2.05. The van der Waals surface area contributed by atoms with Gasteiger partial charge in [-0.2, -0.15) is 0 Å². The zero-order valence-electron chi connectivity index (χ0n) is 6.00. The summed E-state index contributed by atoms with van der Waals surface area (Å²) in [5.74, 6) is 0. The van der Waals surface area contributed by atoms with Crippen LogP contribution in [-0.4, -0.2) is 18.5 Å². The number of rotatable bonds is 4. The molecule has 0 fully saturated rings. The summed E-state index contributed by atoms with van der Waals surface area (Å²) in [5.41, 5.74) is 0. The van der Waals surface area contributed by atoms with Crippen LogP contribution in [0.2, 0.25) is 0 Å². The first-order chi connectivity index (χ1) is 4.31. The lowest BCUT2D eigenvalue weighted by atomic mass is 10.3. The van der Waals surface area contributed by atoms with Crippen LogP contribution in [0.25, 0.3) is 0 Å². The molecule has 0 radical (unpaired) electrons. The van der Waals surface area contributed by atoms with Crippen LogP contribution in [0.5, 0.6) is 0 Å². The van der Waals surface area contributed by atoms with Gasteiger partial charge in [0.25, 0.3) is 0 Å². The van der Waals surface area contributed by atoms with E-state index in [4.69, 9.17) is 5.11 Å². The number of aliphatic hydroxyl groups is 1. The van der Waals surface area contributed by atoms with Gasteiger partial charge in [0, 0.05) is 13.5 Å². The summed E-state index contributed by atoms with van der Waals surface area (Å²) in [6.07, 6.45) is 4.88. The van der Waals surface area contributed by atoms with E-state index in [9.17, 15) is 0 Å². The highest BCUT2D eigenvalue weighted by atomic mass is 16.6. The van der Waals surface area contributed by atoms with E-state index in [1.54, 1.807) is 0 Å². The normalized spacial score (nSPS) is 14.6. The molecular weight excluding hydrogens is 116 g/mol. The molecule has 0 saturated carbocycles. The fourth-order valence-corrected chi connectivity index (χ4v) is 0.476. The van der Waals surface area contributed by atoms with Crippen LogP contribution >= 0.6 is 0 Å². The summed E-state index contributed by atoms with van der Waals surface area (Å²) < 4.78 is 4.60. The fraction of sp³-hybridized carbons (Fsp3) is 0.714. The molecule has 0 amide bonds. The van der Waals surface area contributed by atoms with Crippen molar-refractivity contribution in [2.45, 2.75) is 26.1 Å². The van der Waals surface area contributed by atoms with Gasteiger partial charge in [-0.15, -0.1) is 0 Å². The lowest BCUT2D eigenvalue weighted by Crippen LogP contribution is -2.06. The highest BCUT2D eigenvalue weighted by Crippen LogP contribution is 1.93. The van der Waals surface area contributed by atoms with E-state index >= 15 is 0 Å². The minimum absolute atomic E-state index is 0.588. The molecule has 9 heavy (non-hydrogen) atoms. The molecule has 1 N–H and O–H groups in total. The molecule has 1 unspecified atom stereocenters. The van der Waals surface area contributed by atoms with Gasteiger partial charge in [0.05, 0.1) is 0 Å². The second-order valence-electron chi connectivity index (χ2n) is 1.81. The van der Waals surface area contributed by atoms with Crippen LogP contribution < -0.4 is 0 Å². The maximum atomic E-state index is 8.81. The number of hydrogen-bond donors (Lipinski definition) is 1. The Bertz CT molecular complexity index is 79.0. The largest absolute Gasteiger partial charge is 0.368 e. The molecule has 0 rings (SSSR count). The molecule has 0 aromatic heterocycles. The van der Waals surface area contributed by atoms with Crippen molar-refractivity contribution in [2.24, 2.45) is 0 Å². The number of aliphatic hydroxyl groups excluding tert-OH is 1. The highest BCUT2D eigenvalue weighted by molar-refractivity contribution is 4.80. The smallest absolute Gasteiger partial charge is 0.157 e. The van der Waals surface area contributed by atoms with Gasteiger partial charge in [-0.1, -0.05) is 19.1 Å². The van der Waals surface area contributed by atoms with Crippen molar-refractivity contribution < 1.29 is 9.84 Å². The summed E-state index contributed by atoms with van der Waals surface area (Å²) >= 11 is 0. The summed E-state index contributed by atoms with van der Waals surface area (Å²) in [6, 6.07) is 0. The summed E-state index contributed by atoms with van der Waals surface area (Å²) in [7, 11) is 1.49. The molecule has 0 bridgehead atoms. The van der Waals surface area contributed by atoms with Crippen LogP contribution in [0, 0.1) is 0 Å². The Hall–Kier alpha value is -0.340. The van der Waals surface area contributed by atoms with Gasteiger partial charge in [0.15, 0.2) is 6.29 Å². The topological polar surface area (TPSA) is 29.5 Å². The van der Waals surface area contributed by atoms with E-state index in [0.29, 0.717) is 6.42 Å². The second kappa shape index (κ2) is 5.79. The van der Waals surface area contributed by atoms with E-state index < -0.39 is 6.29 Å². The van der Waals surface area contributed by atoms with Gasteiger partial charge in [-0.3, -0.25) is 0 Å². The van der Waals surface area contributed by atoms with Gasteiger partial charge in [0.2, 0.25) is 0 Å². The van der Waals surface area contributed by atoms with Gasteiger partial charge in [-0.05, 0) is 6.42 Å². The summed E-state index contributed by atoms with van der Waals surface area (Å²) in [4.78, 5) is 0. The van der Waals surface area contributed by atoms with Crippen LogP contribution in [0.15, 0.2) is 12.2 Å². The molecule has 0 aromatic rings. The molecule has 0 aromatic carbocycles. The highest BCUT2D eigenvalue weighted by Gasteiger charge is 1.93. The first kappa shape index (κ1) is 8.66. The lowest BCUT2D eigenvalue weighted by molar-refractivity contribution is -0.0702. The molecule has 0 saturated heterocycles. The summed E-state index contributed by atoms with van der Waals surface area (Å²) in [5, 5.41) is 8.81. The van der Waals surface area contributed by atoms with Crippen molar-refractivity contribution in [1.29, 1.82) is 0 Å². The third-order valence-electron chi connectivity index (χ3n) is 1.01. The molecule has 0 aliphatic rings. The van der Waals surface area contributed by atoms with Gasteiger partial charge < -0.3 is 9.84 Å². The Morgan fingerprint density at radius 2 is 2.22 bits per heavy atom. The Kier molecular flexibility index (Phi) is 5.57. The van der Waals surface area contributed by atoms with Gasteiger partial charge in [-0.25, -0.2) is 0 Å². The minimum Gasteiger partial charge on any atom is -0.368 e. The molecule has 54 valence electrons. The fourth-order valence-electron chi connectivity index (χ4n) is 0.476. The van der Waals surface area contributed by atoms with Crippen molar-refractivity contribution in [3.8, 4) is 0 Å². The van der Waals surface area contributed by atoms with Crippen LogP contribution in [0.1, 0.15) is 19.8 Å². The Balaban J connectivity index is 3.15. The van der Waals surface area contributed by atoms with Crippen molar-refractivity contribution in [1.82, 2.24) is 0 Å². The maximum Gasteiger partial charge on any atom is 0.157 e. The van der Waals surface area contributed by atoms with E-state index in [1.165, 1.54) is 7.11 Å². The van der Waals surface area contributed by atoms with Crippen LogP contribution in [0.3, 0.4) is 0 Å². The molecule has 0 spiro atoms. The minimum atomic E-state index is -0.632. The Morgan fingerprint density at radius 3 is 2.67 bits per heavy atom. The van der Waals surface area contributed by atoms with Crippen molar-refractivity contribution in [3.63, 3.8) is 0 Å². The number of ether oxygens (including phenoxy) is 1. The molecule has 0 aliphatic carbocycles. The van der Waals surface area contributed by atoms with Crippen molar-refractivity contribution in [2.75, 3.05) is 7.11 Å². The molecule has 2 heteroatoms. The van der Waals surface area contributed by atoms with E-state index in [0.717, 1.165) is 6.42 Å². The number of methoxy groups -OCH3 is 1. The van der Waals surface area contributed by atoms with Crippen LogP contribution in [-0.2, 0) is 4.74 Å². The molecule has 0 heterocycles. The average molecular weight is 130 g/mol. The first-order valence-corrected chi connectivity index (χ1v) is 3.17. The van der Waals surface area contributed by atoms with Gasteiger partial charge in [0.1, 0.15) is 0 Å². The second-order valence-corrected chi connectivity index (χ2v) is 1.81. The lowest BCUT2D eigenvalue weighted by Gasteiger charge is -2.02. The average Bonchev–Trinajstić information content (AvgIpc) is 1.89. The zero-order chi connectivity index (χ0) is 7.11. The molecule has 2 nitrogen and oxygen atoms in total. The number of hydrogen-bond acceptors (Lipinski definition) is 2. The monoisotopic (exact) mass is 130 g/mol. The standard InChI is InChI=1S/C7H14O2/c1-3-4-5-6-7(8)9-2/h4-5,7-8H,3,6H2,1-2H3/b5-4+. The predicted octanol–water partition coefficient (Wildman–Crippen LogP) is 1.31. The maximum absolute atomic E-state index is 8.81. The molecule has 0 aliphatic heterocycles. The Labute approximate surface area is 56.1 Å².